The smallest absolute Gasteiger partial charge is 0.338 e. The minimum atomic E-state index is -1.16. The molecule has 7 nitrogen and oxygen atoms in total. The number of aromatic carboxylic acids is 2. The van der Waals surface area contributed by atoms with Crippen molar-refractivity contribution in [3.8, 4) is 0 Å². The van der Waals surface area contributed by atoms with Crippen LogP contribution in [0.25, 0.3) is 0 Å². The fourth-order valence-corrected chi connectivity index (χ4v) is 1.59. The van der Waals surface area contributed by atoms with Gasteiger partial charge in [0.1, 0.15) is 5.69 Å². The second kappa shape index (κ2) is 5.83. The number of nitrogens with zero attached hydrogens (tertiary/aromatic N) is 2. The summed E-state index contributed by atoms with van der Waals surface area (Å²) >= 11 is 0. The van der Waals surface area contributed by atoms with E-state index < -0.39 is 11.9 Å². The molecule has 0 saturated carbocycles. The quantitative estimate of drug-likeness (QED) is 0.587. The van der Waals surface area contributed by atoms with Gasteiger partial charge in [-0.05, 0) is 42.5 Å². The lowest BCUT2D eigenvalue weighted by atomic mass is 10.1. The van der Waals surface area contributed by atoms with Crippen molar-refractivity contribution in [2.45, 2.75) is 0 Å². The van der Waals surface area contributed by atoms with Gasteiger partial charge < -0.3 is 15.9 Å². The zero-order valence-corrected chi connectivity index (χ0v) is 10.7. The highest BCUT2D eigenvalue weighted by molar-refractivity contribution is 5.94. The van der Waals surface area contributed by atoms with Crippen LogP contribution < -0.4 is 5.73 Å². The standard InChI is InChI=1S/C14H11N3O4/c15-9-3-6-12(11(7-9)14(20)21)17-16-10-4-1-8(2-5-10)13(18)19/h1-7H,15H2,(H,18,19)(H,20,21). The maximum Gasteiger partial charge on any atom is 0.338 e. The Labute approximate surface area is 119 Å². The molecule has 0 atom stereocenters. The fourth-order valence-electron chi connectivity index (χ4n) is 1.59. The number of azo groups is 1. The van der Waals surface area contributed by atoms with Crippen molar-refractivity contribution in [2.24, 2.45) is 10.2 Å². The summed E-state index contributed by atoms with van der Waals surface area (Å²) in [5.41, 5.74) is 6.50. The molecule has 106 valence electrons. The Morgan fingerprint density at radius 3 is 2.14 bits per heavy atom. The number of carbonyl (C=O) groups is 2. The summed E-state index contributed by atoms with van der Waals surface area (Å²) in [7, 11) is 0. The lowest BCUT2D eigenvalue weighted by molar-refractivity contribution is 0.0686. The van der Waals surface area contributed by atoms with Crippen LogP contribution in [0.2, 0.25) is 0 Å². The van der Waals surface area contributed by atoms with Gasteiger partial charge in [0.2, 0.25) is 0 Å². The second-order valence-electron chi connectivity index (χ2n) is 4.13. The fraction of sp³-hybridized carbons (Fsp3) is 0. The number of hydrogen-bond acceptors (Lipinski definition) is 5. The number of nitrogen functional groups attached to an aromatic ring is 1. The van der Waals surface area contributed by atoms with Crippen LogP contribution in [-0.2, 0) is 0 Å². The summed E-state index contributed by atoms with van der Waals surface area (Å²) in [6.45, 7) is 0. The van der Waals surface area contributed by atoms with Crippen LogP contribution in [0, 0.1) is 0 Å². The molecule has 0 heterocycles. The number of benzene rings is 2. The summed E-state index contributed by atoms with van der Waals surface area (Å²) < 4.78 is 0. The Morgan fingerprint density at radius 1 is 0.905 bits per heavy atom. The first-order valence-electron chi connectivity index (χ1n) is 5.85. The Morgan fingerprint density at radius 2 is 1.57 bits per heavy atom. The first-order valence-corrected chi connectivity index (χ1v) is 5.85. The van der Waals surface area contributed by atoms with E-state index in [1.165, 1.54) is 42.5 Å². The van der Waals surface area contributed by atoms with Gasteiger partial charge in [-0.3, -0.25) is 0 Å². The van der Waals surface area contributed by atoms with Crippen molar-refractivity contribution in [1.29, 1.82) is 0 Å². The van der Waals surface area contributed by atoms with E-state index in [1.807, 2.05) is 0 Å². The molecule has 2 aromatic rings. The molecule has 0 bridgehead atoms. The molecule has 0 aliphatic rings. The Bertz CT molecular complexity index is 723. The predicted octanol–water partition coefficient (Wildman–Crippen LogP) is 3.08. The van der Waals surface area contributed by atoms with E-state index in [0.29, 0.717) is 11.4 Å². The summed E-state index contributed by atoms with van der Waals surface area (Å²) in [5, 5.41) is 25.6. The molecule has 0 unspecified atom stereocenters. The van der Waals surface area contributed by atoms with Crippen LogP contribution >= 0.6 is 0 Å². The zero-order valence-electron chi connectivity index (χ0n) is 10.7. The highest BCUT2D eigenvalue weighted by Gasteiger charge is 2.10. The maximum atomic E-state index is 11.1. The number of hydrogen-bond donors (Lipinski definition) is 3. The monoisotopic (exact) mass is 285 g/mol. The van der Waals surface area contributed by atoms with Gasteiger partial charge in [0.05, 0.1) is 16.8 Å². The SMILES string of the molecule is Nc1ccc(N=Nc2ccc(C(=O)O)cc2)c(C(=O)O)c1. The molecule has 0 aliphatic carbocycles. The van der Waals surface area contributed by atoms with Crippen molar-refractivity contribution in [2.75, 3.05) is 5.73 Å². The molecule has 0 radical (unpaired) electrons. The topological polar surface area (TPSA) is 125 Å². The third-order valence-electron chi connectivity index (χ3n) is 2.64. The van der Waals surface area contributed by atoms with E-state index in [4.69, 9.17) is 15.9 Å². The average molecular weight is 285 g/mol. The Kier molecular flexibility index (Phi) is 3.94. The predicted molar refractivity (Wildman–Crippen MR) is 75.4 cm³/mol. The minimum absolute atomic E-state index is 0.0547. The number of carboxylic acids is 2. The molecular weight excluding hydrogens is 274 g/mol. The van der Waals surface area contributed by atoms with Gasteiger partial charge in [-0.2, -0.15) is 5.11 Å². The van der Waals surface area contributed by atoms with E-state index >= 15 is 0 Å². The van der Waals surface area contributed by atoms with E-state index in [1.54, 1.807) is 0 Å². The van der Waals surface area contributed by atoms with Gasteiger partial charge in [0.15, 0.2) is 0 Å². The van der Waals surface area contributed by atoms with E-state index in [0.717, 1.165) is 0 Å². The van der Waals surface area contributed by atoms with Crippen LogP contribution in [0.5, 0.6) is 0 Å². The van der Waals surface area contributed by atoms with Crippen LogP contribution in [-0.4, -0.2) is 22.2 Å². The number of anilines is 1. The molecule has 0 fully saturated rings. The average Bonchev–Trinajstić information content (AvgIpc) is 2.46. The van der Waals surface area contributed by atoms with Crippen molar-refractivity contribution in [1.82, 2.24) is 0 Å². The molecule has 0 amide bonds. The summed E-state index contributed by atoms with van der Waals surface area (Å²) in [6, 6.07) is 10.00. The Balaban J connectivity index is 2.29. The molecular formula is C14H11N3O4. The van der Waals surface area contributed by atoms with Gasteiger partial charge in [-0.1, -0.05) is 0 Å². The maximum absolute atomic E-state index is 11.1. The van der Waals surface area contributed by atoms with Crippen LogP contribution in [0.1, 0.15) is 20.7 Å². The molecule has 0 spiro atoms. The lowest BCUT2D eigenvalue weighted by Crippen LogP contribution is -1.98. The molecule has 7 heteroatoms. The van der Waals surface area contributed by atoms with E-state index in [9.17, 15) is 9.59 Å². The van der Waals surface area contributed by atoms with E-state index in [2.05, 4.69) is 10.2 Å². The second-order valence-corrected chi connectivity index (χ2v) is 4.13. The van der Waals surface area contributed by atoms with Gasteiger partial charge >= 0.3 is 11.9 Å². The van der Waals surface area contributed by atoms with Gasteiger partial charge in [-0.25, -0.2) is 9.59 Å². The Hall–Kier alpha value is -3.22. The number of rotatable bonds is 4. The summed E-state index contributed by atoms with van der Waals surface area (Å²) in [5.74, 6) is -2.19. The normalized spacial score (nSPS) is 10.7. The van der Waals surface area contributed by atoms with Crippen LogP contribution in [0.4, 0.5) is 17.1 Å². The third-order valence-corrected chi connectivity index (χ3v) is 2.64. The largest absolute Gasteiger partial charge is 0.478 e. The number of carboxylic acid groups (broad SMARTS) is 2. The lowest BCUT2D eigenvalue weighted by Gasteiger charge is -2.01. The first-order chi connectivity index (χ1) is 9.97. The summed E-state index contributed by atoms with van der Waals surface area (Å²) in [6.07, 6.45) is 0. The van der Waals surface area contributed by atoms with Crippen LogP contribution in [0.3, 0.4) is 0 Å². The first kappa shape index (κ1) is 14.2. The van der Waals surface area contributed by atoms with Crippen LogP contribution in [0.15, 0.2) is 52.7 Å². The molecule has 0 aliphatic heterocycles. The molecule has 2 aromatic carbocycles. The van der Waals surface area contributed by atoms with E-state index in [-0.39, 0.29) is 16.8 Å². The summed E-state index contributed by atoms with van der Waals surface area (Å²) in [4.78, 5) is 21.8. The third kappa shape index (κ3) is 3.41. The molecule has 2 rings (SSSR count). The van der Waals surface area contributed by atoms with Gasteiger partial charge in [0, 0.05) is 5.69 Å². The van der Waals surface area contributed by atoms with Crippen molar-refractivity contribution < 1.29 is 19.8 Å². The molecule has 4 N–H and O–H groups in total. The minimum Gasteiger partial charge on any atom is -0.478 e. The van der Waals surface area contributed by atoms with Gasteiger partial charge in [-0.15, -0.1) is 5.11 Å². The molecule has 0 aromatic heterocycles. The molecule has 0 saturated heterocycles. The van der Waals surface area contributed by atoms with Crippen molar-refractivity contribution in [3.63, 3.8) is 0 Å². The van der Waals surface area contributed by atoms with Crippen molar-refractivity contribution in [3.05, 3.63) is 53.6 Å². The highest BCUT2D eigenvalue weighted by atomic mass is 16.4. The number of nitrogens with two attached hydrogens (primary N) is 1. The zero-order chi connectivity index (χ0) is 15.4. The molecule has 21 heavy (non-hydrogen) atoms. The van der Waals surface area contributed by atoms with Gasteiger partial charge in [0.25, 0.3) is 0 Å². The highest BCUT2D eigenvalue weighted by Crippen LogP contribution is 2.24. The van der Waals surface area contributed by atoms with Crippen molar-refractivity contribution >= 4 is 29.0 Å².